The number of esters is 2. The van der Waals surface area contributed by atoms with E-state index in [9.17, 15) is 24.0 Å². The number of rotatable bonds is 11. The van der Waals surface area contributed by atoms with Gasteiger partial charge in [-0.2, -0.15) is 0 Å². The second-order valence-electron chi connectivity index (χ2n) is 13.9. The third-order valence-electron chi connectivity index (χ3n) is 9.19. The van der Waals surface area contributed by atoms with Gasteiger partial charge in [-0.3, -0.25) is 19.4 Å². The number of thioether (sulfide) groups is 1. The van der Waals surface area contributed by atoms with Gasteiger partial charge in [-0.25, -0.2) is 14.4 Å². The summed E-state index contributed by atoms with van der Waals surface area (Å²) in [5.74, 6) is -2.15. The van der Waals surface area contributed by atoms with Crippen molar-refractivity contribution in [3.05, 3.63) is 107 Å². The molecule has 13 heteroatoms. The van der Waals surface area contributed by atoms with Crippen LogP contribution in [0.25, 0.3) is 0 Å². The van der Waals surface area contributed by atoms with Crippen LogP contribution in [0, 0.1) is 0 Å². The van der Waals surface area contributed by atoms with Crippen molar-refractivity contribution < 1.29 is 38.2 Å². The van der Waals surface area contributed by atoms with Crippen molar-refractivity contribution >= 4 is 41.6 Å². The molecule has 2 N–H and O–H groups in total. The van der Waals surface area contributed by atoms with Crippen LogP contribution in [-0.4, -0.2) is 94.7 Å². The monoisotopic (exact) mass is 728 g/mol. The van der Waals surface area contributed by atoms with Crippen LogP contribution in [0.3, 0.4) is 0 Å². The lowest BCUT2D eigenvalue weighted by atomic mass is 9.88. The molecule has 6 rings (SSSR count). The zero-order valence-corrected chi connectivity index (χ0v) is 30.4. The summed E-state index contributed by atoms with van der Waals surface area (Å²) in [7, 11) is 0. The fraction of sp³-hybridized carbons (Fsp3) is 0.410. The Morgan fingerprint density at radius 2 is 1.65 bits per heavy atom. The van der Waals surface area contributed by atoms with Crippen LogP contribution in [0.15, 0.2) is 95.7 Å². The zero-order valence-electron chi connectivity index (χ0n) is 29.6. The first-order chi connectivity index (χ1) is 25.0. The largest absolute Gasteiger partial charge is 0.460 e. The minimum Gasteiger partial charge on any atom is -0.460 e. The Hall–Kier alpha value is -4.88. The topological polar surface area (TPSA) is 144 Å². The molecule has 274 valence electrons. The smallest absolute Gasteiger partial charge is 0.408 e. The third-order valence-corrected chi connectivity index (χ3v) is 10.5. The lowest BCUT2D eigenvalue weighted by Crippen LogP contribution is -2.71. The van der Waals surface area contributed by atoms with Crippen molar-refractivity contribution in [2.75, 3.05) is 32.0 Å². The standard InChI is InChI=1S/C39H44N4O8S/c1-5-22-49-36(46)31(42-20-12-13-21-42)28(26-18-19-40-33(26)44)27-23-52-35-29(41-38(48)51-39(2,3)4)34(45)43(35)30(27)37(47)50-32(24-14-8-6-9-15-24)25-16-10-7-11-17-25/h5-11,14-17,29,31-32,35H,1,12-13,18-23H2,2-4H3,(H,40,44)(H,41,48)/t29-,31+,35-/m1/s1. The predicted molar refractivity (Wildman–Crippen MR) is 194 cm³/mol. The fourth-order valence-corrected chi connectivity index (χ4v) is 8.32. The average molecular weight is 729 g/mol. The number of amides is 3. The SMILES string of the molecule is C=CCOC(=O)[C@H](C(=C1CCNC1=O)C1=C(C(=O)OC(c2ccccc2)c2ccccc2)N2C(=O)[C@@H](NC(=O)OC(C)(C)C)[C@H]2SC1)N1CCCC1. The van der Waals surface area contributed by atoms with Gasteiger partial charge in [-0.15, -0.1) is 11.8 Å². The van der Waals surface area contributed by atoms with Crippen LogP contribution in [-0.2, 0) is 33.4 Å². The van der Waals surface area contributed by atoms with Gasteiger partial charge in [-0.1, -0.05) is 73.3 Å². The van der Waals surface area contributed by atoms with E-state index in [4.69, 9.17) is 14.2 Å². The van der Waals surface area contributed by atoms with Gasteiger partial charge in [0.2, 0.25) is 5.91 Å². The van der Waals surface area contributed by atoms with Gasteiger partial charge in [0, 0.05) is 17.9 Å². The summed E-state index contributed by atoms with van der Waals surface area (Å²) in [6.45, 7) is 10.3. The van der Waals surface area contributed by atoms with Gasteiger partial charge < -0.3 is 24.8 Å². The Morgan fingerprint density at radius 3 is 2.21 bits per heavy atom. The molecular formula is C39H44N4O8S. The van der Waals surface area contributed by atoms with Gasteiger partial charge in [0.1, 0.15) is 35.4 Å². The molecule has 0 radical (unpaired) electrons. The van der Waals surface area contributed by atoms with Crippen LogP contribution in [0.4, 0.5) is 4.79 Å². The second kappa shape index (κ2) is 15.8. The van der Waals surface area contributed by atoms with E-state index in [1.807, 2.05) is 65.6 Å². The molecule has 52 heavy (non-hydrogen) atoms. The normalized spacial score (nSPS) is 21.9. The molecule has 4 heterocycles. The van der Waals surface area contributed by atoms with Crippen molar-refractivity contribution in [3.8, 4) is 0 Å². The first-order valence-electron chi connectivity index (χ1n) is 17.5. The summed E-state index contributed by atoms with van der Waals surface area (Å²) < 4.78 is 17.4. The molecule has 0 aliphatic carbocycles. The first-order valence-corrected chi connectivity index (χ1v) is 18.5. The number of carbonyl (C=O) groups excluding carboxylic acids is 5. The third kappa shape index (κ3) is 7.80. The Bertz CT molecular complexity index is 1740. The lowest BCUT2D eigenvalue weighted by Gasteiger charge is -2.50. The molecule has 12 nitrogen and oxygen atoms in total. The minimum atomic E-state index is -1.03. The van der Waals surface area contributed by atoms with Gasteiger partial charge >= 0.3 is 18.0 Å². The van der Waals surface area contributed by atoms with Crippen molar-refractivity contribution in [3.63, 3.8) is 0 Å². The molecule has 2 aromatic rings. The zero-order chi connectivity index (χ0) is 37.0. The quantitative estimate of drug-likeness (QED) is 0.112. The predicted octanol–water partition coefficient (Wildman–Crippen LogP) is 4.39. The number of hydrogen-bond donors (Lipinski definition) is 2. The van der Waals surface area contributed by atoms with E-state index in [0.717, 1.165) is 12.8 Å². The molecule has 3 atom stereocenters. The molecule has 4 aliphatic rings. The van der Waals surface area contributed by atoms with Crippen LogP contribution >= 0.6 is 11.8 Å². The van der Waals surface area contributed by atoms with Crippen molar-refractivity contribution in [2.45, 2.75) is 69.2 Å². The van der Waals surface area contributed by atoms with Crippen LogP contribution in [0.1, 0.15) is 57.3 Å². The maximum Gasteiger partial charge on any atom is 0.408 e. The van der Waals surface area contributed by atoms with Crippen LogP contribution < -0.4 is 10.6 Å². The van der Waals surface area contributed by atoms with Crippen LogP contribution in [0.2, 0.25) is 0 Å². The van der Waals surface area contributed by atoms with E-state index in [0.29, 0.717) is 53.9 Å². The van der Waals surface area contributed by atoms with Crippen molar-refractivity contribution in [1.29, 1.82) is 0 Å². The summed E-state index contributed by atoms with van der Waals surface area (Å²) in [5.41, 5.74) is 1.59. The Balaban J connectivity index is 1.49. The van der Waals surface area contributed by atoms with Crippen molar-refractivity contribution in [2.24, 2.45) is 0 Å². The number of nitrogens with zero attached hydrogens (tertiary/aromatic N) is 2. The second-order valence-corrected chi connectivity index (χ2v) is 15.0. The van der Waals surface area contributed by atoms with E-state index in [2.05, 4.69) is 17.2 Å². The van der Waals surface area contributed by atoms with E-state index in [1.54, 1.807) is 20.8 Å². The number of alkyl carbamates (subject to hydrolysis) is 1. The Kier molecular flexibility index (Phi) is 11.2. The molecule has 3 fully saturated rings. The van der Waals surface area contributed by atoms with Gasteiger partial charge in [0.15, 0.2) is 6.10 Å². The molecule has 0 saturated carbocycles. The van der Waals surface area contributed by atoms with Gasteiger partial charge in [0.25, 0.3) is 5.91 Å². The molecule has 0 spiro atoms. The number of nitrogens with one attached hydrogen (secondary N) is 2. The summed E-state index contributed by atoms with van der Waals surface area (Å²) in [5, 5.41) is 4.85. The molecule has 0 unspecified atom stereocenters. The molecule has 0 bridgehead atoms. The average Bonchev–Trinajstić information content (AvgIpc) is 3.82. The Morgan fingerprint density at radius 1 is 1.02 bits per heavy atom. The Labute approximate surface area is 307 Å². The highest BCUT2D eigenvalue weighted by atomic mass is 32.2. The van der Waals surface area contributed by atoms with E-state index >= 15 is 0 Å². The number of carbonyl (C=O) groups is 5. The highest BCUT2D eigenvalue weighted by Gasteiger charge is 2.56. The van der Waals surface area contributed by atoms with Crippen molar-refractivity contribution in [1.82, 2.24) is 20.4 Å². The number of fused-ring (bicyclic) bond motifs is 1. The molecular weight excluding hydrogens is 685 g/mol. The number of hydrogen-bond acceptors (Lipinski definition) is 10. The fourth-order valence-electron chi connectivity index (χ4n) is 6.96. The highest BCUT2D eigenvalue weighted by Crippen LogP contribution is 2.46. The maximum atomic E-state index is 14.8. The number of likely N-dealkylation sites (tertiary alicyclic amines) is 1. The van der Waals surface area contributed by atoms with Crippen LogP contribution in [0.5, 0.6) is 0 Å². The lowest BCUT2D eigenvalue weighted by molar-refractivity contribution is -0.153. The number of benzene rings is 2. The molecule has 2 aromatic carbocycles. The molecule has 3 amide bonds. The molecule has 4 aliphatic heterocycles. The number of β-lactam (4-membered cyclic amide) rings is 1. The first kappa shape index (κ1) is 36.9. The van der Waals surface area contributed by atoms with E-state index in [1.165, 1.54) is 22.7 Å². The van der Waals surface area contributed by atoms with Gasteiger partial charge in [0.05, 0.1) is 0 Å². The molecule has 0 aromatic heterocycles. The minimum absolute atomic E-state index is 0.0405. The number of ether oxygens (including phenoxy) is 3. The highest BCUT2D eigenvalue weighted by molar-refractivity contribution is 8.00. The molecule has 3 saturated heterocycles. The van der Waals surface area contributed by atoms with Gasteiger partial charge in [-0.05, 0) is 75.4 Å². The van der Waals surface area contributed by atoms with E-state index < -0.39 is 53.1 Å². The summed E-state index contributed by atoms with van der Waals surface area (Å²) in [4.78, 5) is 72.5. The maximum absolute atomic E-state index is 14.8. The van der Waals surface area contributed by atoms with E-state index in [-0.39, 0.29) is 24.0 Å². The summed E-state index contributed by atoms with van der Waals surface area (Å²) in [6, 6.07) is 16.5. The summed E-state index contributed by atoms with van der Waals surface area (Å²) >= 11 is 1.32. The summed E-state index contributed by atoms with van der Waals surface area (Å²) in [6.07, 6.45) is 1.85.